The number of hydrogen-bond acceptors (Lipinski definition) is 4. The lowest BCUT2D eigenvalue weighted by Gasteiger charge is -2.00. The van der Waals surface area contributed by atoms with Gasteiger partial charge in [-0.1, -0.05) is 24.3 Å². The summed E-state index contributed by atoms with van der Waals surface area (Å²) >= 11 is 1.31. The average Bonchev–Trinajstić information content (AvgIpc) is 2.89. The summed E-state index contributed by atoms with van der Waals surface area (Å²) in [7, 11) is 0. The molecule has 0 saturated carbocycles. The SMILES string of the molecule is O=c1[nH]c(Sc2nc3ccccc3[nH]2)nc2ccccc12. The highest BCUT2D eigenvalue weighted by Crippen LogP contribution is 2.24. The minimum atomic E-state index is -0.140. The zero-order valence-corrected chi connectivity index (χ0v) is 11.6. The molecule has 0 fully saturated rings. The molecule has 5 nitrogen and oxygen atoms in total. The van der Waals surface area contributed by atoms with Crippen LogP contribution in [-0.2, 0) is 0 Å². The molecule has 102 valence electrons. The van der Waals surface area contributed by atoms with Crippen molar-refractivity contribution in [1.29, 1.82) is 0 Å². The van der Waals surface area contributed by atoms with Gasteiger partial charge in [0.05, 0.1) is 21.9 Å². The number of rotatable bonds is 2. The van der Waals surface area contributed by atoms with Gasteiger partial charge in [-0.2, -0.15) is 0 Å². The average molecular weight is 294 g/mol. The Morgan fingerprint density at radius 1 is 0.810 bits per heavy atom. The van der Waals surface area contributed by atoms with E-state index in [0.717, 1.165) is 11.0 Å². The summed E-state index contributed by atoms with van der Waals surface area (Å²) in [5.41, 5.74) is 2.39. The Labute approximate surface area is 123 Å². The lowest BCUT2D eigenvalue weighted by Crippen LogP contribution is -2.08. The summed E-state index contributed by atoms with van der Waals surface area (Å²) in [5, 5.41) is 1.82. The van der Waals surface area contributed by atoms with Crippen LogP contribution in [0.5, 0.6) is 0 Å². The molecular weight excluding hydrogens is 284 g/mol. The maximum absolute atomic E-state index is 12.0. The largest absolute Gasteiger partial charge is 0.333 e. The highest BCUT2D eigenvalue weighted by Gasteiger charge is 2.08. The van der Waals surface area contributed by atoms with Crippen molar-refractivity contribution in [3.05, 3.63) is 58.9 Å². The molecule has 0 spiro atoms. The smallest absolute Gasteiger partial charge is 0.259 e. The van der Waals surface area contributed by atoms with Crippen LogP contribution in [-0.4, -0.2) is 19.9 Å². The normalized spacial score (nSPS) is 11.2. The molecule has 4 rings (SSSR count). The number of aromatic amines is 2. The summed E-state index contributed by atoms with van der Waals surface area (Å²) in [6.07, 6.45) is 0. The quantitative estimate of drug-likeness (QED) is 0.557. The molecule has 0 unspecified atom stereocenters. The Morgan fingerprint density at radius 3 is 2.33 bits per heavy atom. The van der Waals surface area contributed by atoms with Crippen molar-refractivity contribution in [1.82, 2.24) is 19.9 Å². The fourth-order valence-electron chi connectivity index (χ4n) is 2.18. The molecule has 4 aromatic rings. The number of benzene rings is 2. The summed E-state index contributed by atoms with van der Waals surface area (Å²) < 4.78 is 0. The minimum Gasteiger partial charge on any atom is -0.333 e. The topological polar surface area (TPSA) is 74.4 Å². The van der Waals surface area contributed by atoms with E-state index in [-0.39, 0.29) is 5.56 Å². The Kier molecular flexibility index (Phi) is 2.75. The van der Waals surface area contributed by atoms with Gasteiger partial charge in [0.25, 0.3) is 5.56 Å². The number of hydrogen-bond donors (Lipinski definition) is 2. The Hall–Kier alpha value is -2.60. The third-order valence-corrected chi connectivity index (χ3v) is 3.93. The molecular formula is C15H10N4OS. The lowest BCUT2D eigenvalue weighted by molar-refractivity contribution is 0.960. The fourth-order valence-corrected chi connectivity index (χ4v) is 2.96. The predicted octanol–water partition coefficient (Wildman–Crippen LogP) is 2.95. The highest BCUT2D eigenvalue weighted by molar-refractivity contribution is 7.99. The molecule has 0 aliphatic carbocycles. The molecule has 0 aliphatic heterocycles. The Bertz CT molecular complexity index is 972. The Balaban J connectivity index is 1.78. The van der Waals surface area contributed by atoms with E-state index < -0.39 is 0 Å². The number of nitrogens with one attached hydrogen (secondary N) is 2. The molecule has 2 aromatic carbocycles. The first-order valence-corrected chi connectivity index (χ1v) is 7.23. The minimum absolute atomic E-state index is 0.140. The van der Waals surface area contributed by atoms with Gasteiger partial charge >= 0.3 is 0 Å². The van der Waals surface area contributed by atoms with Gasteiger partial charge in [0.2, 0.25) is 0 Å². The third kappa shape index (κ3) is 2.19. The van der Waals surface area contributed by atoms with Crippen LogP contribution in [0.2, 0.25) is 0 Å². The van der Waals surface area contributed by atoms with Gasteiger partial charge < -0.3 is 9.97 Å². The zero-order valence-electron chi connectivity index (χ0n) is 10.8. The molecule has 21 heavy (non-hydrogen) atoms. The van der Waals surface area contributed by atoms with Crippen LogP contribution >= 0.6 is 11.8 Å². The van der Waals surface area contributed by atoms with E-state index in [0.29, 0.717) is 21.2 Å². The first-order chi connectivity index (χ1) is 10.3. The van der Waals surface area contributed by atoms with Crippen LogP contribution in [0, 0.1) is 0 Å². The predicted molar refractivity (Wildman–Crippen MR) is 82.6 cm³/mol. The van der Waals surface area contributed by atoms with Gasteiger partial charge in [0.15, 0.2) is 10.3 Å². The molecule has 0 saturated heterocycles. The van der Waals surface area contributed by atoms with E-state index in [1.54, 1.807) is 6.07 Å². The molecule has 2 aromatic heterocycles. The summed E-state index contributed by atoms with van der Waals surface area (Å²) in [5.74, 6) is 0. The number of nitrogens with zero attached hydrogens (tertiary/aromatic N) is 2. The highest BCUT2D eigenvalue weighted by atomic mass is 32.2. The monoisotopic (exact) mass is 294 g/mol. The maximum Gasteiger partial charge on any atom is 0.259 e. The van der Waals surface area contributed by atoms with E-state index >= 15 is 0 Å². The molecule has 6 heteroatoms. The van der Waals surface area contributed by atoms with Gasteiger partial charge in [-0.15, -0.1) is 0 Å². The van der Waals surface area contributed by atoms with Crippen molar-refractivity contribution in [3.8, 4) is 0 Å². The van der Waals surface area contributed by atoms with Gasteiger partial charge in [-0.25, -0.2) is 9.97 Å². The lowest BCUT2D eigenvalue weighted by atomic mass is 10.2. The van der Waals surface area contributed by atoms with Crippen molar-refractivity contribution in [2.24, 2.45) is 0 Å². The summed E-state index contributed by atoms with van der Waals surface area (Å²) in [4.78, 5) is 26.9. The second kappa shape index (κ2) is 4.75. The van der Waals surface area contributed by atoms with E-state index in [4.69, 9.17) is 0 Å². The molecule has 0 amide bonds. The second-order valence-corrected chi connectivity index (χ2v) is 5.53. The fraction of sp³-hybridized carbons (Fsp3) is 0. The molecule has 0 radical (unpaired) electrons. The van der Waals surface area contributed by atoms with Crippen molar-refractivity contribution >= 4 is 33.7 Å². The number of aromatic nitrogens is 4. The van der Waals surface area contributed by atoms with Crippen molar-refractivity contribution in [3.63, 3.8) is 0 Å². The molecule has 2 heterocycles. The summed E-state index contributed by atoms with van der Waals surface area (Å²) in [6, 6.07) is 15.1. The van der Waals surface area contributed by atoms with E-state index in [1.807, 2.05) is 42.5 Å². The molecule has 0 bridgehead atoms. The van der Waals surface area contributed by atoms with E-state index in [2.05, 4.69) is 19.9 Å². The van der Waals surface area contributed by atoms with Crippen LogP contribution in [0.3, 0.4) is 0 Å². The van der Waals surface area contributed by atoms with E-state index in [9.17, 15) is 4.79 Å². The molecule has 2 N–H and O–H groups in total. The molecule has 0 atom stereocenters. The van der Waals surface area contributed by atoms with Crippen LogP contribution in [0.4, 0.5) is 0 Å². The number of fused-ring (bicyclic) bond motifs is 2. The Morgan fingerprint density at radius 2 is 1.48 bits per heavy atom. The number of H-pyrrole nitrogens is 2. The zero-order chi connectivity index (χ0) is 14.2. The van der Waals surface area contributed by atoms with Crippen molar-refractivity contribution in [2.75, 3.05) is 0 Å². The van der Waals surface area contributed by atoms with Crippen LogP contribution in [0.25, 0.3) is 21.9 Å². The van der Waals surface area contributed by atoms with Crippen LogP contribution in [0.1, 0.15) is 0 Å². The van der Waals surface area contributed by atoms with Crippen molar-refractivity contribution in [2.45, 2.75) is 10.3 Å². The second-order valence-electron chi connectivity index (χ2n) is 4.55. The van der Waals surface area contributed by atoms with Crippen LogP contribution in [0.15, 0.2) is 63.6 Å². The van der Waals surface area contributed by atoms with Gasteiger partial charge in [-0.3, -0.25) is 4.79 Å². The third-order valence-electron chi connectivity index (χ3n) is 3.15. The standard InChI is InChI=1S/C15H10N4OS/c20-13-9-5-1-2-6-10(9)16-15(19-13)21-14-17-11-7-3-4-8-12(11)18-14/h1-8H,(H,17,18)(H,16,19,20). The van der Waals surface area contributed by atoms with Crippen LogP contribution < -0.4 is 5.56 Å². The molecule has 0 aliphatic rings. The number of imidazole rings is 1. The van der Waals surface area contributed by atoms with Gasteiger partial charge in [0, 0.05) is 0 Å². The van der Waals surface area contributed by atoms with Gasteiger partial charge in [0.1, 0.15) is 0 Å². The first kappa shape index (κ1) is 12.2. The van der Waals surface area contributed by atoms with Gasteiger partial charge in [-0.05, 0) is 36.0 Å². The summed E-state index contributed by atoms with van der Waals surface area (Å²) in [6.45, 7) is 0. The maximum atomic E-state index is 12.0. The van der Waals surface area contributed by atoms with E-state index in [1.165, 1.54) is 11.8 Å². The van der Waals surface area contributed by atoms with Crippen molar-refractivity contribution < 1.29 is 0 Å². The first-order valence-electron chi connectivity index (χ1n) is 6.41. The number of para-hydroxylation sites is 3.